The Kier molecular flexibility index (Phi) is 5.79. The number of nitrogens with zero attached hydrogens (tertiary/aromatic N) is 1. The summed E-state index contributed by atoms with van der Waals surface area (Å²) in [5, 5.41) is 2.99. The molecule has 1 N–H and O–H groups in total. The number of rotatable bonds is 7. The molecule has 0 radical (unpaired) electrons. The van der Waals surface area contributed by atoms with E-state index < -0.39 is 5.54 Å². The summed E-state index contributed by atoms with van der Waals surface area (Å²) in [5.74, 6) is 0.710. The average molecular weight is 366 g/mol. The second kappa shape index (κ2) is 8.25. The van der Waals surface area contributed by atoms with Gasteiger partial charge in [-0.25, -0.2) is 0 Å². The van der Waals surface area contributed by atoms with E-state index in [1.807, 2.05) is 68.4 Å². The number of carbonyl (C=O) groups is 2. The van der Waals surface area contributed by atoms with Crippen LogP contribution in [0.5, 0.6) is 5.75 Å². The van der Waals surface area contributed by atoms with E-state index in [2.05, 4.69) is 5.32 Å². The molecule has 1 aliphatic heterocycles. The molecule has 1 heterocycles. The van der Waals surface area contributed by atoms with Crippen LogP contribution in [0, 0.1) is 0 Å². The summed E-state index contributed by atoms with van der Waals surface area (Å²) in [6.07, 6.45) is 0.926. The molecule has 0 aromatic heterocycles. The van der Waals surface area contributed by atoms with E-state index in [-0.39, 0.29) is 11.8 Å². The average Bonchev–Trinajstić information content (AvgIpc) is 2.98. The van der Waals surface area contributed by atoms with Crippen molar-refractivity contribution in [3.05, 3.63) is 65.7 Å². The lowest BCUT2D eigenvalue weighted by molar-refractivity contribution is -0.141. The molecule has 27 heavy (non-hydrogen) atoms. The van der Waals surface area contributed by atoms with Crippen molar-refractivity contribution in [3.8, 4) is 5.75 Å². The van der Waals surface area contributed by atoms with E-state index in [1.165, 1.54) is 0 Å². The minimum Gasteiger partial charge on any atom is -0.494 e. The van der Waals surface area contributed by atoms with Crippen molar-refractivity contribution in [1.82, 2.24) is 10.2 Å². The normalized spacial score (nSPS) is 19.2. The van der Waals surface area contributed by atoms with E-state index in [9.17, 15) is 9.59 Å². The van der Waals surface area contributed by atoms with E-state index in [0.29, 0.717) is 32.5 Å². The zero-order chi connectivity index (χ0) is 19.3. The molecule has 0 unspecified atom stereocenters. The minimum atomic E-state index is -0.829. The van der Waals surface area contributed by atoms with Gasteiger partial charge in [-0.2, -0.15) is 0 Å². The maximum absolute atomic E-state index is 12.9. The Morgan fingerprint density at radius 1 is 1.11 bits per heavy atom. The molecular formula is C22H26N2O3. The Morgan fingerprint density at radius 3 is 2.48 bits per heavy atom. The van der Waals surface area contributed by atoms with Gasteiger partial charge in [0.1, 0.15) is 11.3 Å². The second-order valence-electron chi connectivity index (χ2n) is 7.00. The molecule has 142 valence electrons. The van der Waals surface area contributed by atoms with Gasteiger partial charge in [-0.15, -0.1) is 0 Å². The van der Waals surface area contributed by atoms with Crippen molar-refractivity contribution in [2.24, 2.45) is 0 Å². The maximum Gasteiger partial charge on any atom is 0.245 e. The highest BCUT2D eigenvalue weighted by Crippen LogP contribution is 2.32. The third-order valence-corrected chi connectivity index (χ3v) is 5.08. The van der Waals surface area contributed by atoms with Crippen LogP contribution in [-0.2, 0) is 22.7 Å². The van der Waals surface area contributed by atoms with Crippen LogP contribution in [-0.4, -0.2) is 28.9 Å². The summed E-state index contributed by atoms with van der Waals surface area (Å²) < 4.78 is 5.46. The molecule has 5 nitrogen and oxygen atoms in total. The topological polar surface area (TPSA) is 58.6 Å². The molecule has 3 rings (SSSR count). The van der Waals surface area contributed by atoms with E-state index in [1.54, 1.807) is 4.90 Å². The molecule has 2 aromatic rings. The summed E-state index contributed by atoms with van der Waals surface area (Å²) in [7, 11) is 0. The number of nitrogens with one attached hydrogen (secondary N) is 1. The monoisotopic (exact) mass is 366 g/mol. The SMILES string of the molecule is CCOc1ccc(CN2C(=O)CC[C@@]2(C)C(=O)NCc2ccccc2)cc1. The number of benzene rings is 2. The van der Waals surface area contributed by atoms with E-state index >= 15 is 0 Å². The quantitative estimate of drug-likeness (QED) is 0.818. The first-order chi connectivity index (χ1) is 13.0. The third kappa shape index (κ3) is 4.30. The summed E-state index contributed by atoms with van der Waals surface area (Å²) in [5.41, 5.74) is 1.19. The fourth-order valence-corrected chi connectivity index (χ4v) is 3.40. The van der Waals surface area contributed by atoms with Crippen LogP contribution in [0.2, 0.25) is 0 Å². The number of amides is 2. The van der Waals surface area contributed by atoms with Crippen LogP contribution < -0.4 is 10.1 Å². The van der Waals surface area contributed by atoms with Gasteiger partial charge in [0.2, 0.25) is 11.8 Å². The molecular weight excluding hydrogens is 340 g/mol. The standard InChI is InChI=1S/C22H26N2O3/c1-3-27-19-11-9-18(10-12-19)16-24-20(25)13-14-22(24,2)21(26)23-15-17-7-5-4-6-8-17/h4-12H,3,13-16H2,1-2H3,(H,23,26)/t22-/m0/s1. The first-order valence-electron chi connectivity index (χ1n) is 9.37. The molecule has 1 atom stereocenters. The highest BCUT2D eigenvalue weighted by molar-refractivity contribution is 5.94. The highest BCUT2D eigenvalue weighted by Gasteiger charge is 2.46. The van der Waals surface area contributed by atoms with Crippen LogP contribution in [0.4, 0.5) is 0 Å². The Morgan fingerprint density at radius 2 is 1.81 bits per heavy atom. The van der Waals surface area contributed by atoms with E-state index in [4.69, 9.17) is 4.74 Å². The first kappa shape index (κ1) is 19.0. The van der Waals surface area contributed by atoms with Crippen molar-refractivity contribution in [2.75, 3.05) is 6.61 Å². The zero-order valence-electron chi connectivity index (χ0n) is 15.9. The van der Waals surface area contributed by atoms with Crippen LogP contribution in [0.15, 0.2) is 54.6 Å². The van der Waals surface area contributed by atoms with Crippen molar-refractivity contribution in [1.29, 1.82) is 0 Å². The molecule has 0 aliphatic carbocycles. The van der Waals surface area contributed by atoms with Gasteiger partial charge in [0.15, 0.2) is 0 Å². The molecule has 5 heteroatoms. The minimum absolute atomic E-state index is 0.0150. The van der Waals surface area contributed by atoms with Crippen LogP contribution in [0.3, 0.4) is 0 Å². The maximum atomic E-state index is 12.9. The van der Waals surface area contributed by atoms with Gasteiger partial charge < -0.3 is 15.0 Å². The largest absolute Gasteiger partial charge is 0.494 e. The van der Waals surface area contributed by atoms with Crippen LogP contribution >= 0.6 is 0 Å². The summed E-state index contributed by atoms with van der Waals surface area (Å²) in [6.45, 7) is 5.29. The Bertz CT molecular complexity index is 789. The number of ether oxygens (including phenoxy) is 1. The van der Waals surface area contributed by atoms with Crippen LogP contribution in [0.1, 0.15) is 37.8 Å². The van der Waals surface area contributed by atoms with Crippen molar-refractivity contribution in [2.45, 2.75) is 45.3 Å². The van der Waals surface area contributed by atoms with Crippen molar-refractivity contribution >= 4 is 11.8 Å². The fourth-order valence-electron chi connectivity index (χ4n) is 3.40. The predicted molar refractivity (Wildman–Crippen MR) is 104 cm³/mol. The molecule has 0 spiro atoms. The molecule has 0 saturated carbocycles. The van der Waals surface area contributed by atoms with Gasteiger partial charge >= 0.3 is 0 Å². The molecule has 1 aliphatic rings. The molecule has 0 bridgehead atoms. The lowest BCUT2D eigenvalue weighted by Crippen LogP contribution is -2.53. The van der Waals surface area contributed by atoms with Crippen LogP contribution in [0.25, 0.3) is 0 Å². The number of carbonyl (C=O) groups excluding carboxylic acids is 2. The first-order valence-corrected chi connectivity index (χ1v) is 9.37. The summed E-state index contributed by atoms with van der Waals surface area (Å²) in [6, 6.07) is 17.5. The third-order valence-electron chi connectivity index (χ3n) is 5.08. The molecule has 2 aromatic carbocycles. The van der Waals surface area contributed by atoms with Gasteiger partial charge in [-0.3, -0.25) is 9.59 Å². The lowest BCUT2D eigenvalue weighted by Gasteiger charge is -2.34. The number of hydrogen-bond donors (Lipinski definition) is 1. The Labute approximate surface area is 160 Å². The highest BCUT2D eigenvalue weighted by atomic mass is 16.5. The number of likely N-dealkylation sites (tertiary alicyclic amines) is 1. The smallest absolute Gasteiger partial charge is 0.245 e. The Hall–Kier alpha value is -2.82. The van der Waals surface area contributed by atoms with E-state index in [0.717, 1.165) is 16.9 Å². The van der Waals surface area contributed by atoms with Gasteiger partial charge in [0.25, 0.3) is 0 Å². The van der Waals surface area contributed by atoms with Gasteiger partial charge in [-0.1, -0.05) is 42.5 Å². The molecule has 1 fully saturated rings. The molecule has 1 saturated heterocycles. The summed E-state index contributed by atoms with van der Waals surface area (Å²) in [4.78, 5) is 27.1. The number of hydrogen-bond acceptors (Lipinski definition) is 3. The zero-order valence-corrected chi connectivity index (χ0v) is 15.9. The molecule has 2 amide bonds. The van der Waals surface area contributed by atoms with Crippen molar-refractivity contribution < 1.29 is 14.3 Å². The predicted octanol–water partition coefficient (Wildman–Crippen LogP) is 3.28. The second-order valence-corrected chi connectivity index (χ2v) is 7.00. The van der Waals surface area contributed by atoms with Gasteiger partial charge in [-0.05, 0) is 43.5 Å². The van der Waals surface area contributed by atoms with Gasteiger partial charge in [0, 0.05) is 19.5 Å². The summed E-state index contributed by atoms with van der Waals surface area (Å²) >= 11 is 0. The Balaban J connectivity index is 1.69. The lowest BCUT2D eigenvalue weighted by atomic mass is 9.97. The fraction of sp³-hybridized carbons (Fsp3) is 0.364. The van der Waals surface area contributed by atoms with Gasteiger partial charge in [0.05, 0.1) is 6.61 Å². The van der Waals surface area contributed by atoms with Crippen molar-refractivity contribution in [3.63, 3.8) is 0 Å².